The summed E-state index contributed by atoms with van der Waals surface area (Å²) in [4.78, 5) is 25.2. The van der Waals surface area contributed by atoms with Crippen molar-refractivity contribution < 1.29 is 18.0 Å². The van der Waals surface area contributed by atoms with Gasteiger partial charge in [0.25, 0.3) is 11.7 Å². The van der Waals surface area contributed by atoms with Crippen LogP contribution in [0.3, 0.4) is 0 Å². The molecule has 26 heavy (non-hydrogen) atoms. The number of sulfone groups is 1. The van der Waals surface area contributed by atoms with Crippen LogP contribution in [0.15, 0.2) is 30.3 Å². The highest BCUT2D eigenvalue weighted by molar-refractivity contribution is 7.91. The van der Waals surface area contributed by atoms with E-state index in [0.29, 0.717) is 17.8 Å². The van der Waals surface area contributed by atoms with Gasteiger partial charge < -0.3 is 5.32 Å². The van der Waals surface area contributed by atoms with E-state index in [1.807, 2.05) is 30.3 Å². The molecule has 0 spiro atoms. The fraction of sp³-hybridized carbons (Fsp3) is 0.389. The summed E-state index contributed by atoms with van der Waals surface area (Å²) in [6.45, 7) is 5.06. The number of carbonyl (C=O) groups is 2. The minimum Gasteiger partial charge on any atom is -0.343 e. The number of carbonyl (C=O) groups excluding carboxylic acids is 2. The maximum absolute atomic E-state index is 12.7. The number of Topliss-reactive ketones (excluding diaryl/α,β-unsaturated/α-hetero) is 1. The number of para-hydroxylation sites is 1. The molecule has 7 nitrogen and oxygen atoms in total. The topological polar surface area (TPSA) is 98.1 Å². The van der Waals surface area contributed by atoms with Crippen LogP contribution in [0.4, 0.5) is 0 Å². The molecule has 1 N–H and O–H groups in total. The van der Waals surface area contributed by atoms with Crippen molar-refractivity contribution in [2.24, 2.45) is 0 Å². The Kier molecular flexibility index (Phi) is 4.47. The lowest BCUT2D eigenvalue weighted by molar-refractivity contribution is -0.118. The monoisotopic (exact) mass is 375 g/mol. The summed E-state index contributed by atoms with van der Waals surface area (Å²) >= 11 is 0. The van der Waals surface area contributed by atoms with Crippen LogP contribution >= 0.6 is 0 Å². The summed E-state index contributed by atoms with van der Waals surface area (Å²) in [7, 11) is -3.18. The second-order valence-corrected chi connectivity index (χ2v) is 9.16. The van der Waals surface area contributed by atoms with E-state index in [2.05, 4.69) is 10.4 Å². The molecule has 0 saturated carbocycles. The van der Waals surface area contributed by atoms with Gasteiger partial charge in [-0.1, -0.05) is 18.2 Å². The molecule has 1 aliphatic heterocycles. The fourth-order valence-corrected chi connectivity index (χ4v) is 5.44. The Morgan fingerprint density at radius 3 is 2.42 bits per heavy atom. The number of amides is 1. The van der Waals surface area contributed by atoms with Crippen LogP contribution < -0.4 is 5.32 Å². The van der Waals surface area contributed by atoms with Crippen molar-refractivity contribution in [1.29, 1.82) is 0 Å². The summed E-state index contributed by atoms with van der Waals surface area (Å²) in [6.07, 6.45) is 0.301. The molecule has 2 aromatic rings. The number of ketones is 1. The SMILES string of the molecule is Cc1nn(-c2ccccc2)c(C)c1C(=O)C(=O)N[C@@]1(C)CCS(=O)(=O)C1. The number of benzene rings is 1. The Balaban J connectivity index is 1.87. The van der Waals surface area contributed by atoms with Crippen molar-refractivity contribution in [2.45, 2.75) is 32.7 Å². The third-order valence-corrected chi connectivity index (χ3v) is 6.55. The van der Waals surface area contributed by atoms with Gasteiger partial charge in [-0.05, 0) is 39.3 Å². The Hall–Kier alpha value is -2.48. The Morgan fingerprint density at radius 1 is 1.19 bits per heavy atom. The third kappa shape index (κ3) is 3.41. The number of nitrogens with one attached hydrogen (secondary N) is 1. The van der Waals surface area contributed by atoms with Crippen LogP contribution in [-0.2, 0) is 14.6 Å². The zero-order valence-electron chi connectivity index (χ0n) is 14.9. The van der Waals surface area contributed by atoms with Crippen molar-refractivity contribution >= 4 is 21.5 Å². The van der Waals surface area contributed by atoms with Gasteiger partial charge in [0.2, 0.25) is 0 Å². The second-order valence-electron chi connectivity index (χ2n) is 6.98. The molecule has 0 unspecified atom stereocenters. The molecule has 0 radical (unpaired) electrons. The summed E-state index contributed by atoms with van der Waals surface area (Å²) in [5, 5.41) is 6.98. The van der Waals surface area contributed by atoms with Crippen molar-refractivity contribution in [2.75, 3.05) is 11.5 Å². The van der Waals surface area contributed by atoms with Crippen LogP contribution in [0, 0.1) is 13.8 Å². The molecule has 8 heteroatoms. The highest BCUT2D eigenvalue weighted by Crippen LogP contribution is 2.24. The van der Waals surface area contributed by atoms with Gasteiger partial charge >= 0.3 is 0 Å². The molecule has 0 aliphatic carbocycles. The first-order chi connectivity index (χ1) is 12.1. The smallest absolute Gasteiger partial charge is 0.292 e. The molecule has 3 rings (SSSR count). The quantitative estimate of drug-likeness (QED) is 0.643. The molecule has 1 saturated heterocycles. The van der Waals surface area contributed by atoms with Crippen LogP contribution in [0.5, 0.6) is 0 Å². The lowest BCUT2D eigenvalue weighted by Crippen LogP contribution is -2.49. The summed E-state index contributed by atoms with van der Waals surface area (Å²) in [6, 6.07) is 9.32. The van der Waals surface area contributed by atoms with Crippen LogP contribution in [0.2, 0.25) is 0 Å². The van der Waals surface area contributed by atoms with Crippen molar-refractivity contribution in [3.8, 4) is 5.69 Å². The Labute approximate surface area is 152 Å². The molecule has 1 aromatic heterocycles. The standard InChI is InChI=1S/C18H21N3O4S/c1-12-15(13(2)21(20-12)14-7-5-4-6-8-14)16(22)17(23)19-18(3)9-10-26(24,25)11-18/h4-8H,9-11H2,1-3H3,(H,19,23)/t18-/m0/s1. The van der Waals surface area contributed by atoms with E-state index in [1.54, 1.807) is 25.5 Å². The number of aryl methyl sites for hydroxylation is 1. The van der Waals surface area contributed by atoms with Crippen molar-refractivity contribution in [3.63, 3.8) is 0 Å². The first kappa shape index (κ1) is 18.3. The van der Waals surface area contributed by atoms with E-state index >= 15 is 0 Å². The van der Waals surface area contributed by atoms with Gasteiger partial charge in [-0.25, -0.2) is 13.1 Å². The van der Waals surface area contributed by atoms with E-state index in [-0.39, 0.29) is 17.1 Å². The minimum atomic E-state index is -3.18. The number of nitrogens with zero attached hydrogens (tertiary/aromatic N) is 2. The third-order valence-electron chi connectivity index (χ3n) is 4.64. The molecule has 0 bridgehead atoms. The zero-order chi connectivity index (χ0) is 19.1. The van der Waals surface area contributed by atoms with E-state index in [4.69, 9.17) is 0 Å². The lowest BCUT2D eigenvalue weighted by atomic mass is 10.0. The normalized spacial score (nSPS) is 21.5. The Bertz CT molecular complexity index is 979. The fourth-order valence-electron chi connectivity index (χ4n) is 3.35. The number of hydrogen-bond acceptors (Lipinski definition) is 5. The van der Waals surface area contributed by atoms with Gasteiger partial charge in [-0.2, -0.15) is 5.10 Å². The highest BCUT2D eigenvalue weighted by Gasteiger charge is 2.41. The Morgan fingerprint density at radius 2 is 1.85 bits per heavy atom. The first-order valence-electron chi connectivity index (χ1n) is 8.31. The summed E-state index contributed by atoms with van der Waals surface area (Å²) in [5.74, 6) is -1.64. The van der Waals surface area contributed by atoms with Crippen molar-refractivity contribution in [1.82, 2.24) is 15.1 Å². The van der Waals surface area contributed by atoms with Gasteiger partial charge in [-0.15, -0.1) is 0 Å². The van der Waals surface area contributed by atoms with Gasteiger partial charge in [0.05, 0.1) is 39.7 Å². The summed E-state index contributed by atoms with van der Waals surface area (Å²) < 4.78 is 25.0. The van der Waals surface area contributed by atoms with Crippen LogP contribution in [0.1, 0.15) is 35.1 Å². The van der Waals surface area contributed by atoms with E-state index in [9.17, 15) is 18.0 Å². The van der Waals surface area contributed by atoms with Crippen molar-refractivity contribution in [3.05, 3.63) is 47.3 Å². The van der Waals surface area contributed by atoms with E-state index in [0.717, 1.165) is 5.69 Å². The maximum atomic E-state index is 12.7. The van der Waals surface area contributed by atoms with Gasteiger partial charge in [0.1, 0.15) is 0 Å². The van der Waals surface area contributed by atoms with Gasteiger partial charge in [-0.3, -0.25) is 9.59 Å². The molecule has 1 fully saturated rings. The van der Waals surface area contributed by atoms with Crippen LogP contribution in [-0.4, -0.2) is 46.9 Å². The molecule has 2 heterocycles. The van der Waals surface area contributed by atoms with E-state index in [1.165, 1.54) is 0 Å². The maximum Gasteiger partial charge on any atom is 0.292 e. The molecule has 1 amide bonds. The molecular formula is C18H21N3O4S. The number of rotatable bonds is 4. The zero-order valence-corrected chi connectivity index (χ0v) is 15.8. The van der Waals surface area contributed by atoms with Crippen LogP contribution in [0.25, 0.3) is 5.69 Å². The predicted molar refractivity (Wildman–Crippen MR) is 97.2 cm³/mol. The number of hydrogen-bond donors (Lipinski definition) is 1. The molecule has 138 valence electrons. The number of aromatic nitrogens is 2. The summed E-state index contributed by atoms with van der Waals surface area (Å²) in [5.41, 5.74) is 1.15. The molecule has 1 atom stereocenters. The second kappa shape index (κ2) is 6.35. The minimum absolute atomic E-state index is 0.0158. The predicted octanol–water partition coefficient (Wildman–Crippen LogP) is 1.37. The lowest BCUT2D eigenvalue weighted by Gasteiger charge is -2.23. The van der Waals surface area contributed by atoms with Gasteiger partial charge in [0.15, 0.2) is 9.84 Å². The highest BCUT2D eigenvalue weighted by atomic mass is 32.2. The first-order valence-corrected chi connectivity index (χ1v) is 10.1. The molecule has 1 aliphatic rings. The average molecular weight is 375 g/mol. The van der Waals surface area contributed by atoms with E-state index < -0.39 is 27.1 Å². The molecule has 1 aromatic carbocycles. The van der Waals surface area contributed by atoms with Gasteiger partial charge in [0, 0.05) is 0 Å². The average Bonchev–Trinajstić information content (AvgIpc) is 3.02. The molecular weight excluding hydrogens is 354 g/mol. The largest absolute Gasteiger partial charge is 0.343 e.